The van der Waals surface area contributed by atoms with E-state index < -0.39 is 0 Å². The fourth-order valence-electron chi connectivity index (χ4n) is 2.95. The van der Waals surface area contributed by atoms with Crippen molar-refractivity contribution in [1.82, 2.24) is 0 Å². The second-order valence-corrected chi connectivity index (χ2v) is 5.16. The zero-order chi connectivity index (χ0) is 11.1. The number of hydrogen-bond donors (Lipinski definition) is 0. The molecule has 0 amide bonds. The molecule has 0 saturated carbocycles. The summed E-state index contributed by atoms with van der Waals surface area (Å²) in [6, 6.07) is 9.51. The van der Waals surface area contributed by atoms with Crippen LogP contribution in [-0.2, 0) is 39.0 Å². The summed E-state index contributed by atoms with van der Waals surface area (Å²) in [6.45, 7) is 4.61. The number of hydrogen-bond acceptors (Lipinski definition) is 0. The van der Waals surface area contributed by atoms with Gasteiger partial charge in [0.2, 0.25) is 0 Å². The molecule has 0 spiro atoms. The maximum absolute atomic E-state index is 2.46. The summed E-state index contributed by atoms with van der Waals surface area (Å²) in [7, 11) is 0. The summed E-state index contributed by atoms with van der Waals surface area (Å²) >= 11 is 0. The molecule has 0 N–H and O–H groups in total. The molecule has 1 radical (unpaired) electrons. The van der Waals surface area contributed by atoms with E-state index in [1.54, 1.807) is 16.7 Å². The molecule has 0 nitrogen and oxygen atoms in total. The Bertz CT molecular complexity index is 531. The zero-order valence-corrected chi connectivity index (χ0v) is 15.4. The first-order valence-electron chi connectivity index (χ1n) is 6.50. The molecule has 0 aromatic heterocycles. The predicted octanol–water partition coefficient (Wildman–Crippen LogP) is -1.43. The molecule has 2 aromatic carbocycles. The molecule has 1 aliphatic carbocycles. The van der Waals surface area contributed by atoms with Gasteiger partial charge in [0.05, 0.1) is 0 Å². The smallest absolute Gasteiger partial charge is 1.00 e. The molecule has 1 aliphatic rings. The van der Waals surface area contributed by atoms with Crippen LogP contribution in [-0.4, -0.2) is 0 Å². The zero-order valence-electron chi connectivity index (χ0n) is 11.5. The summed E-state index contributed by atoms with van der Waals surface area (Å²) in [6.07, 6.45) is 5.16. The Labute approximate surface area is 147 Å². The van der Waals surface area contributed by atoms with Crippen molar-refractivity contribution in [3.63, 3.8) is 0 Å². The Hall–Kier alpha value is 0.293. The van der Waals surface area contributed by atoms with Gasteiger partial charge in [0.15, 0.2) is 0 Å². The van der Waals surface area contributed by atoms with Crippen LogP contribution in [0.2, 0.25) is 0 Å². The predicted molar refractivity (Wildman–Crippen MR) is 70.3 cm³/mol. The molecule has 0 bridgehead atoms. The van der Waals surface area contributed by atoms with Crippen molar-refractivity contribution in [3.8, 4) is 0 Å². The first kappa shape index (κ1) is 19.3. The number of halogens is 2. The van der Waals surface area contributed by atoms with E-state index in [-0.39, 0.29) is 51.0 Å². The standard InChI is InChI=1S/C16H19.2ClH.Zr/c1-3-11(2)15-8-7-14-9-12-5-4-6-13(12)10-16(14)15;;;/h7-11H,3-6H2,1-2H3;2*1H;/q-1;;;+3/p-2. The topological polar surface area (TPSA) is 0 Å². The van der Waals surface area contributed by atoms with Crippen molar-refractivity contribution in [2.45, 2.75) is 45.4 Å². The van der Waals surface area contributed by atoms with Gasteiger partial charge in [-0.15, -0.1) is 35.0 Å². The normalized spacial score (nSPS) is 14.0. The van der Waals surface area contributed by atoms with E-state index in [2.05, 4.69) is 38.1 Å². The van der Waals surface area contributed by atoms with Crippen molar-refractivity contribution in [2.24, 2.45) is 0 Å². The van der Waals surface area contributed by atoms with E-state index in [4.69, 9.17) is 0 Å². The quantitative estimate of drug-likeness (QED) is 0.566. The second kappa shape index (κ2) is 7.91. The fraction of sp³-hybridized carbons (Fsp3) is 0.438. The molecule has 0 heterocycles. The third kappa shape index (κ3) is 3.49. The van der Waals surface area contributed by atoms with E-state index in [9.17, 15) is 0 Å². The molecule has 19 heavy (non-hydrogen) atoms. The Morgan fingerprint density at radius 3 is 2.42 bits per heavy atom. The van der Waals surface area contributed by atoms with Crippen molar-refractivity contribution in [1.29, 1.82) is 0 Å². The maximum Gasteiger partial charge on any atom is 3.00 e. The van der Waals surface area contributed by atoms with E-state index in [1.165, 1.54) is 36.5 Å². The molecule has 1 atom stereocenters. The fourth-order valence-corrected chi connectivity index (χ4v) is 2.95. The van der Waals surface area contributed by atoms with Crippen molar-refractivity contribution in [3.05, 3.63) is 41.0 Å². The Balaban J connectivity index is 0.00000108. The summed E-state index contributed by atoms with van der Waals surface area (Å²) in [5.74, 6) is 0.692. The Morgan fingerprint density at radius 2 is 1.79 bits per heavy atom. The van der Waals surface area contributed by atoms with Gasteiger partial charge in [0.25, 0.3) is 0 Å². The van der Waals surface area contributed by atoms with Crippen LogP contribution in [0.3, 0.4) is 0 Å². The van der Waals surface area contributed by atoms with Gasteiger partial charge in [-0.2, -0.15) is 5.56 Å². The molecule has 3 heteroatoms. The summed E-state index contributed by atoms with van der Waals surface area (Å²) in [5.41, 5.74) is 4.74. The van der Waals surface area contributed by atoms with Gasteiger partial charge in [-0.05, 0) is 19.3 Å². The molecular formula is C16H19Cl2Zr. The van der Waals surface area contributed by atoms with E-state index in [0.29, 0.717) is 5.92 Å². The van der Waals surface area contributed by atoms with Crippen LogP contribution in [0.4, 0.5) is 0 Å². The molecule has 2 aromatic rings. The average Bonchev–Trinajstić information content (AvgIpc) is 2.90. The minimum absolute atomic E-state index is 0. The van der Waals surface area contributed by atoms with Gasteiger partial charge in [0.1, 0.15) is 0 Å². The van der Waals surface area contributed by atoms with Crippen LogP contribution in [0.1, 0.15) is 49.3 Å². The van der Waals surface area contributed by atoms with Gasteiger partial charge >= 0.3 is 26.2 Å². The van der Waals surface area contributed by atoms with Gasteiger partial charge in [-0.1, -0.05) is 37.3 Å². The van der Waals surface area contributed by atoms with Gasteiger partial charge < -0.3 is 24.8 Å². The largest absolute Gasteiger partial charge is 3.00 e. The summed E-state index contributed by atoms with van der Waals surface area (Å²) in [4.78, 5) is 0. The third-order valence-electron chi connectivity index (χ3n) is 4.16. The summed E-state index contributed by atoms with van der Waals surface area (Å²) in [5, 5.41) is 2.96. The molecule has 0 aliphatic heterocycles. The van der Waals surface area contributed by atoms with Crippen molar-refractivity contribution in [2.75, 3.05) is 0 Å². The van der Waals surface area contributed by atoms with E-state index >= 15 is 0 Å². The van der Waals surface area contributed by atoms with Crippen LogP contribution in [0.15, 0.2) is 24.3 Å². The molecule has 0 fully saturated rings. The maximum atomic E-state index is 2.46. The van der Waals surface area contributed by atoms with Crippen LogP contribution in [0, 0.1) is 0 Å². The Kier molecular flexibility index (Phi) is 8.04. The first-order valence-corrected chi connectivity index (χ1v) is 6.50. The Morgan fingerprint density at radius 1 is 1.16 bits per heavy atom. The van der Waals surface area contributed by atoms with Gasteiger partial charge in [-0.3, -0.25) is 0 Å². The third-order valence-corrected chi connectivity index (χ3v) is 4.16. The number of aryl methyl sites for hydroxylation is 2. The van der Waals surface area contributed by atoms with E-state index in [1.807, 2.05) is 0 Å². The van der Waals surface area contributed by atoms with Gasteiger partial charge in [-0.25, -0.2) is 0 Å². The SMILES string of the molecule is CCC(C)c1c[cH-]c2cc3c(cc12)CCC3.[Cl-].[Cl-].[Zr+3]. The number of benzene rings is 1. The van der Waals surface area contributed by atoms with Crippen LogP contribution in [0.25, 0.3) is 10.8 Å². The molecule has 1 unspecified atom stereocenters. The monoisotopic (exact) mass is 371 g/mol. The second-order valence-electron chi connectivity index (χ2n) is 5.16. The minimum Gasteiger partial charge on any atom is -1.00 e. The van der Waals surface area contributed by atoms with Crippen LogP contribution >= 0.6 is 0 Å². The molecule has 3 rings (SSSR count). The first-order chi connectivity index (χ1) is 7.79. The van der Waals surface area contributed by atoms with Gasteiger partial charge in [0, 0.05) is 0 Å². The number of rotatable bonds is 2. The molecular weight excluding hydrogens is 354 g/mol. The average molecular weight is 373 g/mol. The van der Waals surface area contributed by atoms with Crippen LogP contribution < -0.4 is 24.8 Å². The minimum atomic E-state index is 0. The van der Waals surface area contributed by atoms with Crippen molar-refractivity contribution >= 4 is 10.8 Å². The van der Waals surface area contributed by atoms with E-state index in [0.717, 1.165) is 0 Å². The van der Waals surface area contributed by atoms with Crippen molar-refractivity contribution < 1.29 is 51.0 Å². The van der Waals surface area contributed by atoms with Crippen LogP contribution in [0.5, 0.6) is 0 Å². The molecule has 0 saturated heterocycles. The summed E-state index contributed by atoms with van der Waals surface area (Å²) < 4.78 is 0. The molecule has 101 valence electrons. The number of fused-ring (bicyclic) bond motifs is 2.